The molecule has 0 heterocycles. The van der Waals surface area contributed by atoms with Crippen molar-refractivity contribution in [3.8, 4) is 0 Å². The summed E-state index contributed by atoms with van der Waals surface area (Å²) in [4.78, 5) is 0. The van der Waals surface area contributed by atoms with Gasteiger partial charge in [0.05, 0.1) is 6.10 Å². The third-order valence-corrected chi connectivity index (χ3v) is 3.07. The largest absolute Gasteiger partial charge is 0.389 e. The molecule has 2 rings (SSSR count). The van der Waals surface area contributed by atoms with Crippen molar-refractivity contribution in [1.29, 1.82) is 0 Å². The Hall–Kier alpha value is -1.88. The molecule has 2 aromatic rings. The minimum absolute atomic E-state index is 0.345. The number of likely N-dealkylation sites (N-methyl/N-ethyl adjacent to an activating group) is 1. The van der Waals surface area contributed by atoms with Crippen molar-refractivity contribution in [1.82, 2.24) is 5.32 Å². The molecule has 0 amide bonds. The molecular weight excluding hydrogens is 252 g/mol. The molecule has 0 aliphatic heterocycles. The molecule has 0 radical (unpaired) electrons. The van der Waals surface area contributed by atoms with Gasteiger partial charge in [-0.3, -0.25) is 0 Å². The molecule has 106 valence electrons. The standard InChI is InChI=1S/C16H20N2O2/c1-17-11-15(19)16(20)12-6-5-9-14(10-12)18-13-7-3-2-4-8-13/h2-10,15-20H,11H2,1H3. The van der Waals surface area contributed by atoms with Crippen LogP contribution in [0.25, 0.3) is 0 Å². The summed E-state index contributed by atoms with van der Waals surface area (Å²) >= 11 is 0. The second-order valence-electron chi connectivity index (χ2n) is 4.69. The lowest BCUT2D eigenvalue weighted by Crippen LogP contribution is -2.29. The monoisotopic (exact) mass is 272 g/mol. The maximum atomic E-state index is 10.1. The van der Waals surface area contributed by atoms with Gasteiger partial charge in [0, 0.05) is 17.9 Å². The summed E-state index contributed by atoms with van der Waals surface area (Å²) in [7, 11) is 1.74. The van der Waals surface area contributed by atoms with Crippen molar-refractivity contribution >= 4 is 11.4 Å². The smallest absolute Gasteiger partial charge is 0.106 e. The first-order valence-corrected chi connectivity index (χ1v) is 6.63. The van der Waals surface area contributed by atoms with Gasteiger partial charge in [0.1, 0.15) is 6.10 Å². The summed E-state index contributed by atoms with van der Waals surface area (Å²) in [6.07, 6.45) is -1.73. The zero-order chi connectivity index (χ0) is 14.4. The van der Waals surface area contributed by atoms with E-state index >= 15 is 0 Å². The number of nitrogens with one attached hydrogen (secondary N) is 2. The molecular formula is C16H20N2O2. The quantitative estimate of drug-likeness (QED) is 0.650. The lowest BCUT2D eigenvalue weighted by atomic mass is 10.0. The Morgan fingerprint density at radius 2 is 1.65 bits per heavy atom. The Morgan fingerprint density at radius 3 is 2.35 bits per heavy atom. The van der Waals surface area contributed by atoms with Gasteiger partial charge in [-0.05, 0) is 36.9 Å². The van der Waals surface area contributed by atoms with Crippen LogP contribution in [-0.4, -0.2) is 29.9 Å². The highest BCUT2D eigenvalue weighted by Gasteiger charge is 2.17. The van der Waals surface area contributed by atoms with Crippen molar-refractivity contribution in [3.63, 3.8) is 0 Å². The minimum Gasteiger partial charge on any atom is -0.389 e. The highest BCUT2D eigenvalue weighted by Crippen LogP contribution is 2.22. The van der Waals surface area contributed by atoms with Crippen LogP contribution in [0.5, 0.6) is 0 Å². The van der Waals surface area contributed by atoms with Crippen LogP contribution in [0.3, 0.4) is 0 Å². The molecule has 0 aliphatic carbocycles. The Morgan fingerprint density at radius 1 is 0.950 bits per heavy atom. The third kappa shape index (κ3) is 3.81. The molecule has 4 nitrogen and oxygen atoms in total. The van der Waals surface area contributed by atoms with Gasteiger partial charge >= 0.3 is 0 Å². The van der Waals surface area contributed by atoms with Crippen molar-refractivity contribution in [2.45, 2.75) is 12.2 Å². The van der Waals surface area contributed by atoms with E-state index in [0.717, 1.165) is 11.4 Å². The number of rotatable bonds is 6. The van der Waals surface area contributed by atoms with Gasteiger partial charge in [-0.15, -0.1) is 0 Å². The van der Waals surface area contributed by atoms with Gasteiger partial charge in [0.2, 0.25) is 0 Å². The lowest BCUT2D eigenvalue weighted by molar-refractivity contribution is 0.0203. The average molecular weight is 272 g/mol. The summed E-state index contributed by atoms with van der Waals surface area (Å²) in [5.41, 5.74) is 2.55. The SMILES string of the molecule is CNCC(O)C(O)c1cccc(Nc2ccccc2)c1. The number of anilines is 2. The number of aliphatic hydroxyl groups excluding tert-OH is 2. The zero-order valence-corrected chi connectivity index (χ0v) is 11.5. The normalized spacial score (nSPS) is 13.8. The molecule has 0 aliphatic rings. The van der Waals surface area contributed by atoms with Gasteiger partial charge in [0.25, 0.3) is 0 Å². The van der Waals surface area contributed by atoms with Crippen LogP contribution in [0.1, 0.15) is 11.7 Å². The van der Waals surface area contributed by atoms with Crippen molar-refractivity contribution in [2.24, 2.45) is 0 Å². The van der Waals surface area contributed by atoms with Crippen LogP contribution in [0.2, 0.25) is 0 Å². The Kier molecular flexibility index (Phi) is 5.12. The Balaban J connectivity index is 2.11. The summed E-state index contributed by atoms with van der Waals surface area (Å²) in [6, 6.07) is 17.2. The topological polar surface area (TPSA) is 64.5 Å². The van der Waals surface area contributed by atoms with E-state index in [0.29, 0.717) is 12.1 Å². The lowest BCUT2D eigenvalue weighted by Gasteiger charge is -2.18. The second kappa shape index (κ2) is 7.05. The molecule has 2 unspecified atom stereocenters. The van der Waals surface area contributed by atoms with E-state index in [2.05, 4.69) is 10.6 Å². The van der Waals surface area contributed by atoms with Gasteiger partial charge < -0.3 is 20.8 Å². The van der Waals surface area contributed by atoms with E-state index in [-0.39, 0.29) is 0 Å². The first-order valence-electron chi connectivity index (χ1n) is 6.63. The molecule has 0 saturated carbocycles. The molecule has 20 heavy (non-hydrogen) atoms. The van der Waals surface area contributed by atoms with Crippen LogP contribution in [0.15, 0.2) is 54.6 Å². The van der Waals surface area contributed by atoms with Crippen LogP contribution in [0, 0.1) is 0 Å². The number of aliphatic hydroxyl groups is 2. The van der Waals surface area contributed by atoms with E-state index in [4.69, 9.17) is 0 Å². The molecule has 0 saturated heterocycles. The summed E-state index contributed by atoms with van der Waals surface area (Å²) in [5.74, 6) is 0. The maximum Gasteiger partial charge on any atom is 0.106 e. The van der Waals surface area contributed by atoms with E-state index in [1.54, 1.807) is 13.1 Å². The van der Waals surface area contributed by atoms with Crippen molar-refractivity contribution in [3.05, 3.63) is 60.2 Å². The molecule has 4 N–H and O–H groups in total. The maximum absolute atomic E-state index is 10.1. The average Bonchev–Trinajstić information content (AvgIpc) is 2.48. The third-order valence-electron chi connectivity index (χ3n) is 3.07. The van der Waals surface area contributed by atoms with Crippen LogP contribution in [0.4, 0.5) is 11.4 Å². The number of benzene rings is 2. The van der Waals surface area contributed by atoms with Crippen LogP contribution >= 0.6 is 0 Å². The minimum atomic E-state index is -0.903. The fourth-order valence-electron chi connectivity index (χ4n) is 2.03. The highest BCUT2D eigenvalue weighted by molar-refractivity contribution is 5.60. The molecule has 2 atom stereocenters. The van der Waals surface area contributed by atoms with E-state index < -0.39 is 12.2 Å². The number of para-hydroxylation sites is 1. The van der Waals surface area contributed by atoms with Crippen molar-refractivity contribution < 1.29 is 10.2 Å². The second-order valence-corrected chi connectivity index (χ2v) is 4.69. The van der Waals surface area contributed by atoms with Gasteiger partial charge in [-0.25, -0.2) is 0 Å². The van der Waals surface area contributed by atoms with Crippen molar-refractivity contribution in [2.75, 3.05) is 18.9 Å². The first kappa shape index (κ1) is 14.5. The molecule has 2 aromatic carbocycles. The van der Waals surface area contributed by atoms with Crippen LogP contribution < -0.4 is 10.6 Å². The molecule has 0 fully saturated rings. The molecule has 0 bridgehead atoms. The van der Waals surface area contributed by atoms with E-state index in [1.807, 2.05) is 48.5 Å². The van der Waals surface area contributed by atoms with E-state index in [9.17, 15) is 10.2 Å². The Bertz CT molecular complexity index is 531. The number of hydrogen-bond acceptors (Lipinski definition) is 4. The predicted octanol–water partition coefficient (Wildman–Crippen LogP) is 2.04. The molecule has 4 heteroatoms. The summed E-state index contributed by atoms with van der Waals surface area (Å²) in [5, 5.41) is 26.0. The predicted molar refractivity (Wildman–Crippen MR) is 81.1 cm³/mol. The Labute approximate surface area is 119 Å². The summed E-state index contributed by atoms with van der Waals surface area (Å²) < 4.78 is 0. The summed E-state index contributed by atoms with van der Waals surface area (Å²) in [6.45, 7) is 0.345. The molecule has 0 aromatic heterocycles. The fraction of sp³-hybridized carbons (Fsp3) is 0.250. The highest BCUT2D eigenvalue weighted by atomic mass is 16.3. The van der Waals surface area contributed by atoms with E-state index in [1.165, 1.54) is 0 Å². The number of hydrogen-bond donors (Lipinski definition) is 4. The fourth-order valence-corrected chi connectivity index (χ4v) is 2.03. The van der Waals surface area contributed by atoms with Gasteiger partial charge in [-0.1, -0.05) is 30.3 Å². The zero-order valence-electron chi connectivity index (χ0n) is 11.5. The van der Waals surface area contributed by atoms with Gasteiger partial charge in [0.15, 0.2) is 0 Å². The first-order chi connectivity index (χ1) is 9.70. The molecule has 0 spiro atoms. The van der Waals surface area contributed by atoms with Gasteiger partial charge in [-0.2, -0.15) is 0 Å². The van der Waals surface area contributed by atoms with Crippen LogP contribution in [-0.2, 0) is 0 Å².